The monoisotopic (exact) mass is 309 g/mol. The predicted octanol–water partition coefficient (Wildman–Crippen LogP) is 1.81. The molecule has 0 fully saturated rings. The van der Waals surface area contributed by atoms with E-state index in [9.17, 15) is 4.79 Å². The number of esters is 1. The van der Waals surface area contributed by atoms with Crippen LogP contribution in [-0.2, 0) is 23.0 Å². The van der Waals surface area contributed by atoms with Crippen LogP contribution in [-0.4, -0.2) is 42.8 Å². The van der Waals surface area contributed by atoms with Crippen molar-refractivity contribution in [3.8, 4) is 11.5 Å². The topological polar surface area (TPSA) is 85.7 Å². The molecule has 0 spiro atoms. The summed E-state index contributed by atoms with van der Waals surface area (Å²) in [5.41, 5.74) is 1.87. The van der Waals surface area contributed by atoms with E-state index in [1.807, 2.05) is 13.1 Å². The fraction of sp³-hybridized carbons (Fsp3) is 0.538. The van der Waals surface area contributed by atoms with E-state index >= 15 is 0 Å². The molecule has 2 aromatic heterocycles. The predicted molar refractivity (Wildman–Crippen MR) is 79.9 cm³/mol. The highest BCUT2D eigenvalue weighted by Crippen LogP contribution is 2.23. The molecule has 0 aliphatic heterocycles. The summed E-state index contributed by atoms with van der Waals surface area (Å²) in [6.07, 6.45) is 0.865. The number of rotatable bonds is 6. The van der Waals surface area contributed by atoms with Crippen LogP contribution in [0.3, 0.4) is 0 Å². The van der Waals surface area contributed by atoms with E-state index in [2.05, 4.69) is 27.2 Å². The Morgan fingerprint density at radius 2 is 2.29 bits per heavy atom. The Kier molecular flexibility index (Phi) is 5.00. The molecule has 21 heavy (non-hydrogen) atoms. The van der Waals surface area contributed by atoms with Gasteiger partial charge in [-0.3, -0.25) is 14.6 Å². The number of hydrogen-bond acceptors (Lipinski definition) is 6. The van der Waals surface area contributed by atoms with Crippen LogP contribution < -0.4 is 0 Å². The summed E-state index contributed by atoms with van der Waals surface area (Å²) in [6.45, 7) is 5.98. The number of ether oxygens (including phenoxy) is 1. The number of aromatic nitrogens is 5. The van der Waals surface area contributed by atoms with Crippen LogP contribution in [0.15, 0.2) is 11.2 Å². The molecule has 1 N–H and O–H groups in total. The molecule has 2 rings (SSSR count). The zero-order valence-electron chi connectivity index (χ0n) is 12.6. The quantitative estimate of drug-likeness (QED) is 0.647. The van der Waals surface area contributed by atoms with Crippen LogP contribution >= 0.6 is 11.8 Å². The molecule has 0 unspecified atom stereocenters. The third kappa shape index (κ3) is 3.63. The van der Waals surface area contributed by atoms with Crippen LogP contribution in [0.4, 0.5) is 0 Å². The maximum atomic E-state index is 11.6. The van der Waals surface area contributed by atoms with Crippen LogP contribution in [0.2, 0.25) is 0 Å². The fourth-order valence-corrected chi connectivity index (χ4v) is 2.52. The molecule has 0 amide bonds. The van der Waals surface area contributed by atoms with Crippen molar-refractivity contribution in [2.24, 2.45) is 7.05 Å². The van der Waals surface area contributed by atoms with Gasteiger partial charge in [0.25, 0.3) is 0 Å². The first-order valence-corrected chi connectivity index (χ1v) is 7.72. The first-order chi connectivity index (χ1) is 10.0. The van der Waals surface area contributed by atoms with Gasteiger partial charge in [-0.15, -0.1) is 5.10 Å². The number of hydrogen-bond donors (Lipinski definition) is 1. The summed E-state index contributed by atoms with van der Waals surface area (Å²) in [6, 6.07) is 1.98. The van der Waals surface area contributed by atoms with Crippen molar-refractivity contribution in [2.45, 2.75) is 37.6 Å². The van der Waals surface area contributed by atoms with E-state index < -0.39 is 0 Å². The Morgan fingerprint density at radius 3 is 2.90 bits per heavy atom. The van der Waals surface area contributed by atoms with Gasteiger partial charge in [-0.1, -0.05) is 18.7 Å². The minimum Gasteiger partial charge on any atom is -0.465 e. The first-order valence-electron chi connectivity index (χ1n) is 6.84. The van der Waals surface area contributed by atoms with Gasteiger partial charge in [-0.2, -0.15) is 10.1 Å². The molecule has 0 aliphatic carbocycles. The van der Waals surface area contributed by atoms with Gasteiger partial charge in [-0.05, 0) is 26.3 Å². The van der Waals surface area contributed by atoms with Crippen molar-refractivity contribution < 1.29 is 9.53 Å². The SMILES string of the molecule is CCOC(=O)[C@@H](C)Sc1n[nH]c(-c2cc(CC)nn2C)n1. The van der Waals surface area contributed by atoms with E-state index in [-0.39, 0.29) is 11.2 Å². The minimum absolute atomic E-state index is 0.261. The summed E-state index contributed by atoms with van der Waals surface area (Å²) in [5, 5.41) is 11.6. The van der Waals surface area contributed by atoms with Crippen LogP contribution in [0.1, 0.15) is 26.5 Å². The average Bonchev–Trinajstić information content (AvgIpc) is 3.05. The van der Waals surface area contributed by atoms with E-state index in [1.165, 1.54) is 11.8 Å². The zero-order chi connectivity index (χ0) is 15.4. The highest BCUT2D eigenvalue weighted by Gasteiger charge is 2.19. The number of carbonyl (C=O) groups is 1. The van der Waals surface area contributed by atoms with Crippen molar-refractivity contribution in [1.82, 2.24) is 25.0 Å². The summed E-state index contributed by atoms with van der Waals surface area (Å²) in [5.74, 6) is 0.380. The van der Waals surface area contributed by atoms with Gasteiger partial charge >= 0.3 is 5.97 Å². The zero-order valence-corrected chi connectivity index (χ0v) is 13.4. The highest BCUT2D eigenvalue weighted by molar-refractivity contribution is 8.00. The lowest BCUT2D eigenvalue weighted by atomic mass is 10.3. The fourth-order valence-electron chi connectivity index (χ4n) is 1.80. The standard InChI is InChI=1S/C13H19N5O2S/c1-5-9-7-10(18(4)17-9)11-14-13(16-15-11)21-8(3)12(19)20-6-2/h7-8H,5-6H2,1-4H3,(H,14,15,16)/t8-/m1/s1. The molecule has 1 atom stereocenters. The summed E-state index contributed by atoms with van der Waals surface area (Å²) in [7, 11) is 1.87. The number of nitrogens with one attached hydrogen (secondary N) is 1. The Balaban J connectivity index is 2.10. The van der Waals surface area contributed by atoms with Crippen molar-refractivity contribution in [3.05, 3.63) is 11.8 Å². The molecule has 0 aliphatic rings. The molecule has 0 radical (unpaired) electrons. The molecular weight excluding hydrogens is 290 g/mol. The Morgan fingerprint density at radius 1 is 1.52 bits per heavy atom. The number of aromatic amines is 1. The van der Waals surface area contributed by atoms with Gasteiger partial charge in [-0.25, -0.2) is 0 Å². The van der Waals surface area contributed by atoms with E-state index in [4.69, 9.17) is 4.74 Å². The maximum absolute atomic E-state index is 11.6. The third-order valence-electron chi connectivity index (χ3n) is 2.90. The van der Waals surface area contributed by atoms with Crippen LogP contribution in [0.25, 0.3) is 11.5 Å². The molecule has 7 nitrogen and oxygen atoms in total. The molecule has 0 saturated carbocycles. The highest BCUT2D eigenvalue weighted by atomic mass is 32.2. The molecule has 0 bridgehead atoms. The number of aryl methyl sites for hydroxylation is 2. The molecule has 0 saturated heterocycles. The van der Waals surface area contributed by atoms with Crippen molar-refractivity contribution in [3.63, 3.8) is 0 Å². The smallest absolute Gasteiger partial charge is 0.319 e. The second-order valence-electron chi connectivity index (χ2n) is 4.48. The Labute approximate surface area is 127 Å². The summed E-state index contributed by atoms with van der Waals surface area (Å²) >= 11 is 1.27. The lowest BCUT2D eigenvalue weighted by Gasteiger charge is -2.06. The van der Waals surface area contributed by atoms with Crippen molar-refractivity contribution >= 4 is 17.7 Å². The normalized spacial score (nSPS) is 12.4. The third-order valence-corrected chi connectivity index (χ3v) is 3.84. The van der Waals surface area contributed by atoms with Gasteiger partial charge < -0.3 is 4.74 Å². The van der Waals surface area contributed by atoms with Gasteiger partial charge in [0.2, 0.25) is 5.16 Å². The maximum Gasteiger partial charge on any atom is 0.319 e. The molecule has 8 heteroatoms. The van der Waals surface area contributed by atoms with Crippen LogP contribution in [0, 0.1) is 0 Å². The summed E-state index contributed by atoms with van der Waals surface area (Å²) in [4.78, 5) is 16.0. The van der Waals surface area contributed by atoms with E-state index in [0.717, 1.165) is 17.8 Å². The van der Waals surface area contributed by atoms with Gasteiger partial charge in [0.05, 0.1) is 12.3 Å². The number of thioether (sulfide) groups is 1. The van der Waals surface area contributed by atoms with E-state index in [1.54, 1.807) is 18.5 Å². The first kappa shape index (κ1) is 15.6. The number of H-pyrrole nitrogens is 1. The number of nitrogens with zero attached hydrogens (tertiary/aromatic N) is 4. The molecular formula is C13H19N5O2S. The average molecular weight is 309 g/mol. The molecule has 2 aromatic rings. The van der Waals surface area contributed by atoms with Gasteiger partial charge in [0.1, 0.15) is 10.9 Å². The number of carbonyl (C=O) groups excluding carboxylic acids is 1. The van der Waals surface area contributed by atoms with Crippen molar-refractivity contribution in [2.75, 3.05) is 6.61 Å². The van der Waals surface area contributed by atoms with E-state index in [0.29, 0.717) is 17.6 Å². The lowest BCUT2D eigenvalue weighted by Crippen LogP contribution is -2.16. The molecule has 2 heterocycles. The van der Waals surface area contributed by atoms with Crippen LogP contribution in [0.5, 0.6) is 0 Å². The molecule has 0 aromatic carbocycles. The van der Waals surface area contributed by atoms with Crippen molar-refractivity contribution in [1.29, 1.82) is 0 Å². The van der Waals surface area contributed by atoms with Gasteiger partial charge in [0.15, 0.2) is 5.82 Å². The lowest BCUT2D eigenvalue weighted by molar-refractivity contribution is -0.142. The molecule has 114 valence electrons. The summed E-state index contributed by atoms with van der Waals surface area (Å²) < 4.78 is 6.73. The second-order valence-corrected chi connectivity index (χ2v) is 5.78. The Bertz CT molecular complexity index is 622. The second kappa shape index (κ2) is 6.75. The largest absolute Gasteiger partial charge is 0.465 e. The minimum atomic E-state index is -0.341. The Hall–Kier alpha value is -1.83. The van der Waals surface area contributed by atoms with Gasteiger partial charge in [0, 0.05) is 7.05 Å².